The maximum atomic E-state index is 2.39. The lowest BCUT2D eigenvalue weighted by Crippen LogP contribution is -2.48. The van der Waals surface area contributed by atoms with Crippen LogP contribution in [0, 0.1) is 5.92 Å². The number of benzene rings is 2. The summed E-state index contributed by atoms with van der Waals surface area (Å²) in [6.45, 7) is 0. The predicted octanol–water partition coefficient (Wildman–Crippen LogP) is 2.69. The van der Waals surface area contributed by atoms with Crippen molar-refractivity contribution in [1.29, 1.82) is 0 Å². The van der Waals surface area contributed by atoms with Crippen LogP contribution in [0.3, 0.4) is 0 Å². The van der Waals surface area contributed by atoms with Crippen molar-refractivity contribution in [3.63, 3.8) is 0 Å². The van der Waals surface area contributed by atoms with Crippen LogP contribution >= 0.6 is 0 Å². The van der Waals surface area contributed by atoms with Gasteiger partial charge in [-0.1, -0.05) is 109 Å². The third kappa shape index (κ3) is 4.18. The third-order valence-corrected chi connectivity index (χ3v) is 14.7. The Morgan fingerprint density at radius 2 is 1.29 bits per heavy atom. The van der Waals surface area contributed by atoms with Crippen LogP contribution < -0.4 is 10.4 Å². The predicted molar refractivity (Wildman–Crippen MR) is 99.2 cm³/mol. The van der Waals surface area contributed by atoms with Gasteiger partial charge in [0.1, 0.15) is 0 Å². The van der Waals surface area contributed by atoms with Crippen molar-refractivity contribution in [3.05, 3.63) is 60.7 Å². The molecule has 0 spiro atoms. The molecule has 0 heterocycles. The lowest BCUT2D eigenvalue weighted by atomic mass is 9.91. The quantitative estimate of drug-likeness (QED) is 0.745. The SMILES string of the molecule is c1ccc([SiH]([SiH2]CC2CCCCC2)c2ccccc2)cc1. The van der Waals surface area contributed by atoms with Crippen molar-refractivity contribution >= 4 is 27.7 Å². The van der Waals surface area contributed by atoms with E-state index < -0.39 is 8.31 Å². The van der Waals surface area contributed by atoms with Crippen LogP contribution in [0.25, 0.3) is 0 Å². The fraction of sp³-hybridized carbons (Fsp3) is 0.368. The second-order valence-corrected chi connectivity index (χ2v) is 14.2. The van der Waals surface area contributed by atoms with Crippen LogP contribution in [0.1, 0.15) is 32.1 Å². The Kier molecular flexibility index (Phi) is 5.47. The summed E-state index contributed by atoms with van der Waals surface area (Å²) in [7, 11) is -0.860. The summed E-state index contributed by atoms with van der Waals surface area (Å²) in [6, 6.07) is 24.4. The Labute approximate surface area is 132 Å². The van der Waals surface area contributed by atoms with Gasteiger partial charge in [-0.3, -0.25) is 0 Å². The molecule has 0 nitrogen and oxygen atoms in total. The topological polar surface area (TPSA) is 0 Å². The average Bonchev–Trinajstić information content (AvgIpc) is 2.58. The molecule has 110 valence electrons. The van der Waals surface area contributed by atoms with Crippen LogP contribution in [0.2, 0.25) is 6.04 Å². The Balaban J connectivity index is 1.73. The molecular formula is C19H26Si2. The lowest BCUT2D eigenvalue weighted by Gasteiger charge is -2.24. The molecule has 0 aromatic heterocycles. The summed E-state index contributed by atoms with van der Waals surface area (Å²) in [5, 5.41) is 3.34. The first-order valence-corrected chi connectivity index (χ1v) is 14.0. The molecule has 2 aromatic carbocycles. The molecule has 1 aliphatic carbocycles. The van der Waals surface area contributed by atoms with E-state index >= 15 is 0 Å². The summed E-state index contributed by atoms with van der Waals surface area (Å²) < 4.78 is 0. The molecule has 1 fully saturated rings. The first-order chi connectivity index (χ1) is 10.4. The molecule has 0 amide bonds. The van der Waals surface area contributed by atoms with E-state index in [4.69, 9.17) is 0 Å². The molecule has 0 bridgehead atoms. The van der Waals surface area contributed by atoms with Crippen LogP contribution in [-0.2, 0) is 0 Å². The molecule has 0 aliphatic heterocycles. The summed E-state index contributed by atoms with van der Waals surface area (Å²) in [5.74, 6) is 1.06. The van der Waals surface area contributed by atoms with Gasteiger partial charge in [0, 0.05) is 9.04 Å². The molecule has 2 heteroatoms. The molecule has 1 aliphatic rings. The van der Waals surface area contributed by atoms with Crippen molar-refractivity contribution in [2.75, 3.05) is 0 Å². The smallest absolute Gasteiger partial charge is 0.0632 e. The lowest BCUT2D eigenvalue weighted by molar-refractivity contribution is 0.385. The minimum Gasteiger partial charge on any atom is -0.0632 e. The fourth-order valence-electron chi connectivity index (χ4n) is 3.77. The van der Waals surface area contributed by atoms with Crippen LogP contribution in [0.5, 0.6) is 0 Å². The van der Waals surface area contributed by atoms with E-state index in [9.17, 15) is 0 Å². The summed E-state index contributed by atoms with van der Waals surface area (Å²) in [5.41, 5.74) is 0. The standard InChI is InChI=1S/C19H26Si2/c1-4-10-17(11-5-1)16-20-21(18-12-6-2-7-13-18)19-14-8-3-9-15-19/h2-3,6-9,12-15,17,21H,1,4-5,10-11,16,20H2. The van der Waals surface area contributed by atoms with Crippen molar-refractivity contribution in [2.45, 2.75) is 38.1 Å². The molecule has 2 aromatic rings. The van der Waals surface area contributed by atoms with Gasteiger partial charge in [-0.2, -0.15) is 0 Å². The van der Waals surface area contributed by atoms with Gasteiger partial charge in [0.15, 0.2) is 0 Å². The number of rotatable bonds is 5. The van der Waals surface area contributed by atoms with Crippen molar-refractivity contribution in [1.82, 2.24) is 0 Å². The number of hydrogen-bond acceptors (Lipinski definition) is 0. The van der Waals surface area contributed by atoms with Crippen LogP contribution in [-0.4, -0.2) is 17.4 Å². The van der Waals surface area contributed by atoms with Gasteiger partial charge in [0.2, 0.25) is 0 Å². The van der Waals surface area contributed by atoms with Gasteiger partial charge in [0.25, 0.3) is 0 Å². The molecular weight excluding hydrogens is 284 g/mol. The Morgan fingerprint density at radius 1 is 0.762 bits per heavy atom. The third-order valence-electron chi connectivity index (χ3n) is 4.99. The highest BCUT2D eigenvalue weighted by Crippen LogP contribution is 2.26. The molecule has 3 rings (SSSR count). The van der Waals surface area contributed by atoms with E-state index in [1.807, 2.05) is 0 Å². The Hall–Kier alpha value is -1.13. The zero-order valence-electron chi connectivity index (χ0n) is 12.9. The Morgan fingerprint density at radius 3 is 1.81 bits per heavy atom. The minimum absolute atomic E-state index is 0.0228. The van der Waals surface area contributed by atoms with Gasteiger partial charge >= 0.3 is 0 Å². The van der Waals surface area contributed by atoms with Gasteiger partial charge in [0.05, 0.1) is 8.31 Å². The normalized spacial score (nSPS) is 16.8. The number of hydrogen-bond donors (Lipinski definition) is 0. The van der Waals surface area contributed by atoms with E-state index in [1.165, 1.54) is 32.1 Å². The maximum absolute atomic E-state index is 2.39. The zero-order chi connectivity index (χ0) is 14.3. The highest BCUT2D eigenvalue weighted by Gasteiger charge is 2.20. The largest absolute Gasteiger partial charge is 0.0890 e. The van der Waals surface area contributed by atoms with Crippen molar-refractivity contribution in [2.24, 2.45) is 5.92 Å². The summed E-state index contributed by atoms with van der Waals surface area (Å²) in [4.78, 5) is 0. The molecule has 1 saturated carbocycles. The van der Waals surface area contributed by atoms with Crippen LogP contribution in [0.4, 0.5) is 0 Å². The maximum Gasteiger partial charge on any atom is 0.0890 e. The molecule has 0 unspecified atom stereocenters. The van der Waals surface area contributed by atoms with E-state index in [2.05, 4.69) is 60.7 Å². The van der Waals surface area contributed by atoms with E-state index in [0.717, 1.165) is 5.92 Å². The average molecular weight is 311 g/mol. The summed E-state index contributed by atoms with van der Waals surface area (Å²) >= 11 is 0. The molecule has 0 radical (unpaired) electrons. The fourth-order valence-corrected chi connectivity index (χ4v) is 13.6. The van der Waals surface area contributed by atoms with Gasteiger partial charge in [-0.05, 0) is 5.92 Å². The molecule has 0 N–H and O–H groups in total. The van der Waals surface area contributed by atoms with E-state index in [-0.39, 0.29) is 9.04 Å². The minimum atomic E-state index is -0.882. The highest BCUT2D eigenvalue weighted by atomic mass is 29.2. The monoisotopic (exact) mass is 310 g/mol. The van der Waals surface area contributed by atoms with Gasteiger partial charge in [-0.25, -0.2) is 0 Å². The second kappa shape index (κ2) is 7.76. The van der Waals surface area contributed by atoms with Crippen molar-refractivity contribution < 1.29 is 0 Å². The van der Waals surface area contributed by atoms with E-state index in [1.54, 1.807) is 16.4 Å². The zero-order valence-corrected chi connectivity index (χ0v) is 15.4. The second-order valence-electron chi connectivity index (χ2n) is 6.46. The first-order valence-electron chi connectivity index (χ1n) is 8.53. The summed E-state index contributed by atoms with van der Waals surface area (Å²) in [6.07, 6.45) is 7.48. The Bertz CT molecular complexity index is 478. The first kappa shape index (κ1) is 14.8. The van der Waals surface area contributed by atoms with E-state index in [0.29, 0.717) is 0 Å². The molecule has 21 heavy (non-hydrogen) atoms. The molecule has 0 atom stereocenters. The molecule has 0 saturated heterocycles. The van der Waals surface area contributed by atoms with Gasteiger partial charge < -0.3 is 0 Å². The highest BCUT2D eigenvalue weighted by molar-refractivity contribution is 7.25. The van der Waals surface area contributed by atoms with Crippen molar-refractivity contribution in [3.8, 4) is 0 Å². The van der Waals surface area contributed by atoms with Crippen LogP contribution in [0.15, 0.2) is 60.7 Å². The van der Waals surface area contributed by atoms with Gasteiger partial charge in [-0.15, -0.1) is 0 Å².